The van der Waals surface area contributed by atoms with E-state index in [1.807, 2.05) is 0 Å². The van der Waals surface area contributed by atoms with Gasteiger partial charge in [0.15, 0.2) is 17.3 Å². The van der Waals surface area contributed by atoms with E-state index in [1.165, 1.54) is 37.5 Å². The molecule has 0 spiro atoms. The van der Waals surface area contributed by atoms with Crippen LogP contribution in [0.5, 0.6) is 17.2 Å². The summed E-state index contributed by atoms with van der Waals surface area (Å²) in [6.45, 7) is -2.88. The minimum absolute atomic E-state index is 0.0247. The first kappa shape index (κ1) is 22.7. The number of benzene rings is 2. The summed E-state index contributed by atoms with van der Waals surface area (Å²) in [5.74, 6) is 0.852. The van der Waals surface area contributed by atoms with Gasteiger partial charge in [-0.25, -0.2) is 0 Å². The van der Waals surface area contributed by atoms with Crippen molar-refractivity contribution in [2.75, 3.05) is 7.11 Å². The summed E-state index contributed by atoms with van der Waals surface area (Å²) < 4.78 is 45.4. The Morgan fingerprint density at radius 2 is 1.87 bits per heavy atom. The molecule has 0 saturated heterocycles. The fourth-order valence-corrected chi connectivity index (χ4v) is 2.90. The van der Waals surface area contributed by atoms with Gasteiger partial charge in [-0.2, -0.15) is 8.78 Å². The number of carbonyl (C=O) groups excluding carboxylic acids is 1. The van der Waals surface area contributed by atoms with Gasteiger partial charge in [-0.1, -0.05) is 23.2 Å². The summed E-state index contributed by atoms with van der Waals surface area (Å²) in [5, 5.41) is 0.911. The fourth-order valence-electron chi connectivity index (χ4n) is 2.57. The number of carbonyl (C=O) groups is 1. The van der Waals surface area contributed by atoms with Crippen LogP contribution in [0, 0.1) is 0 Å². The molecule has 0 amide bonds. The van der Waals surface area contributed by atoms with Crippen LogP contribution in [-0.4, -0.2) is 19.5 Å². The van der Waals surface area contributed by atoms with Crippen LogP contribution in [0.15, 0.2) is 59.0 Å². The zero-order valence-electron chi connectivity index (χ0n) is 16.1. The first-order chi connectivity index (χ1) is 14.9. The highest BCUT2D eigenvalue weighted by molar-refractivity contribution is 6.34. The second kappa shape index (κ2) is 10.3. The number of methoxy groups -OCH3 is 1. The maximum Gasteiger partial charge on any atom is 0.387 e. The van der Waals surface area contributed by atoms with Gasteiger partial charge in [-0.3, -0.25) is 4.79 Å². The Bertz CT molecular complexity index is 1100. The third kappa shape index (κ3) is 6.23. The van der Waals surface area contributed by atoms with E-state index in [0.717, 1.165) is 0 Å². The van der Waals surface area contributed by atoms with Crippen molar-refractivity contribution in [2.45, 2.75) is 13.2 Å². The Kier molecular flexibility index (Phi) is 7.55. The molecular weight excluding hydrogens is 453 g/mol. The van der Waals surface area contributed by atoms with E-state index < -0.39 is 6.61 Å². The third-order valence-electron chi connectivity index (χ3n) is 4.01. The normalized spacial score (nSPS) is 11.2. The summed E-state index contributed by atoms with van der Waals surface area (Å²) in [6.07, 6.45) is 2.77. The highest BCUT2D eigenvalue weighted by Crippen LogP contribution is 2.30. The first-order valence-corrected chi connectivity index (χ1v) is 9.63. The number of halogens is 4. The lowest BCUT2D eigenvalue weighted by atomic mass is 10.1. The van der Waals surface area contributed by atoms with Gasteiger partial charge < -0.3 is 18.6 Å². The molecule has 0 saturated carbocycles. The topological polar surface area (TPSA) is 57.9 Å². The molecule has 1 heterocycles. The minimum atomic E-state index is -3.00. The van der Waals surface area contributed by atoms with E-state index >= 15 is 0 Å². The predicted octanol–water partition coefficient (Wildman–Crippen LogP) is 6.67. The van der Waals surface area contributed by atoms with Crippen LogP contribution in [-0.2, 0) is 6.61 Å². The Morgan fingerprint density at radius 1 is 1.06 bits per heavy atom. The van der Waals surface area contributed by atoms with Crippen LogP contribution < -0.4 is 14.2 Å². The average molecular weight is 469 g/mol. The molecule has 0 aliphatic heterocycles. The molecule has 0 radical (unpaired) electrons. The van der Waals surface area contributed by atoms with Gasteiger partial charge in [-0.05, 0) is 54.6 Å². The maximum atomic E-state index is 12.4. The van der Waals surface area contributed by atoms with Crippen LogP contribution >= 0.6 is 23.2 Å². The van der Waals surface area contributed by atoms with E-state index in [1.54, 1.807) is 30.3 Å². The average Bonchev–Trinajstić information content (AvgIpc) is 3.20. The fraction of sp³-hybridized carbons (Fsp3) is 0.136. The zero-order valence-corrected chi connectivity index (χ0v) is 17.6. The molecule has 0 bridgehead atoms. The molecule has 2 aromatic carbocycles. The Morgan fingerprint density at radius 3 is 2.61 bits per heavy atom. The molecule has 0 fully saturated rings. The SMILES string of the molecule is COc1cc(C(=O)/C=C/c2ccc(COc3cc(Cl)ccc3Cl)o2)ccc1OC(F)F. The number of alkyl halides is 2. The lowest BCUT2D eigenvalue weighted by Crippen LogP contribution is -2.04. The summed E-state index contributed by atoms with van der Waals surface area (Å²) in [5.41, 5.74) is 0.237. The van der Waals surface area contributed by atoms with E-state index in [-0.39, 0.29) is 29.5 Å². The molecule has 0 aliphatic rings. The van der Waals surface area contributed by atoms with Gasteiger partial charge in [0.25, 0.3) is 0 Å². The van der Waals surface area contributed by atoms with Gasteiger partial charge in [0.2, 0.25) is 0 Å². The number of ketones is 1. The van der Waals surface area contributed by atoms with Crippen LogP contribution in [0.25, 0.3) is 6.08 Å². The van der Waals surface area contributed by atoms with Gasteiger partial charge in [-0.15, -0.1) is 0 Å². The first-order valence-electron chi connectivity index (χ1n) is 8.87. The van der Waals surface area contributed by atoms with Gasteiger partial charge in [0.1, 0.15) is 23.9 Å². The lowest BCUT2D eigenvalue weighted by Gasteiger charge is -2.10. The largest absolute Gasteiger partial charge is 0.493 e. The van der Waals surface area contributed by atoms with Crippen molar-refractivity contribution in [3.63, 3.8) is 0 Å². The second-order valence-electron chi connectivity index (χ2n) is 6.11. The predicted molar refractivity (Wildman–Crippen MR) is 112 cm³/mol. The van der Waals surface area contributed by atoms with Crippen LogP contribution in [0.3, 0.4) is 0 Å². The molecule has 0 N–H and O–H groups in total. The molecule has 0 unspecified atom stereocenters. The summed E-state index contributed by atoms with van der Waals surface area (Å²) in [4.78, 5) is 12.4. The summed E-state index contributed by atoms with van der Waals surface area (Å²) >= 11 is 12.0. The van der Waals surface area contributed by atoms with Gasteiger partial charge in [0.05, 0.1) is 12.1 Å². The second-order valence-corrected chi connectivity index (χ2v) is 6.95. The number of allylic oxidation sites excluding steroid dienone is 1. The quantitative estimate of drug-likeness (QED) is 0.259. The van der Waals surface area contributed by atoms with E-state index in [9.17, 15) is 13.6 Å². The number of rotatable bonds is 9. The highest BCUT2D eigenvalue weighted by atomic mass is 35.5. The van der Waals surface area contributed by atoms with Crippen LogP contribution in [0.1, 0.15) is 21.9 Å². The van der Waals surface area contributed by atoms with Crippen LogP contribution in [0.4, 0.5) is 8.78 Å². The van der Waals surface area contributed by atoms with Crippen molar-refractivity contribution < 1.29 is 32.2 Å². The molecule has 31 heavy (non-hydrogen) atoms. The van der Waals surface area contributed by atoms with E-state index in [2.05, 4.69) is 4.74 Å². The van der Waals surface area contributed by atoms with Crippen molar-refractivity contribution >= 4 is 35.1 Å². The van der Waals surface area contributed by atoms with Crippen LogP contribution in [0.2, 0.25) is 10.0 Å². The Labute approximate surface area is 186 Å². The Hall–Kier alpha value is -3.03. The van der Waals surface area contributed by atoms with Crippen molar-refractivity contribution in [3.05, 3.63) is 81.7 Å². The number of hydrogen-bond acceptors (Lipinski definition) is 5. The lowest BCUT2D eigenvalue weighted by molar-refractivity contribution is -0.0512. The molecule has 0 atom stereocenters. The molecule has 162 valence electrons. The maximum absolute atomic E-state index is 12.4. The summed E-state index contributed by atoms with van der Waals surface area (Å²) in [6, 6.07) is 12.2. The van der Waals surface area contributed by atoms with Gasteiger partial charge >= 0.3 is 6.61 Å². The van der Waals surface area contributed by atoms with Crippen molar-refractivity contribution in [3.8, 4) is 17.2 Å². The molecule has 3 rings (SSSR count). The van der Waals surface area contributed by atoms with Crippen molar-refractivity contribution in [1.82, 2.24) is 0 Å². The summed E-state index contributed by atoms with van der Waals surface area (Å²) in [7, 11) is 1.29. The Balaban J connectivity index is 1.64. The molecular formula is C22H16Cl2F2O5. The molecule has 3 aromatic rings. The number of furan rings is 1. The number of hydrogen-bond donors (Lipinski definition) is 0. The van der Waals surface area contributed by atoms with Crippen molar-refractivity contribution in [1.29, 1.82) is 0 Å². The molecule has 5 nitrogen and oxygen atoms in total. The molecule has 9 heteroatoms. The number of ether oxygens (including phenoxy) is 3. The standard InChI is InChI=1S/C22H16Cl2F2O5/c1-28-21-10-13(2-9-19(21)31-22(25)26)18(27)8-6-15-4-5-16(30-15)12-29-20-11-14(23)3-7-17(20)24/h2-11,22H,12H2,1H3/b8-6+. The zero-order chi connectivity index (χ0) is 22.4. The highest BCUT2D eigenvalue weighted by Gasteiger charge is 2.13. The van der Waals surface area contributed by atoms with E-state index in [4.69, 9.17) is 37.1 Å². The smallest absolute Gasteiger partial charge is 0.387 e. The minimum Gasteiger partial charge on any atom is -0.493 e. The monoisotopic (exact) mass is 468 g/mol. The molecule has 1 aromatic heterocycles. The molecule has 0 aliphatic carbocycles. The van der Waals surface area contributed by atoms with Gasteiger partial charge in [0, 0.05) is 16.7 Å². The van der Waals surface area contributed by atoms with E-state index in [0.29, 0.717) is 27.3 Å². The van der Waals surface area contributed by atoms with Crippen molar-refractivity contribution in [2.24, 2.45) is 0 Å². The third-order valence-corrected chi connectivity index (χ3v) is 4.56.